The summed E-state index contributed by atoms with van der Waals surface area (Å²) in [5, 5.41) is 3.27. The predicted octanol–water partition coefficient (Wildman–Crippen LogP) is 1.78. The van der Waals surface area contributed by atoms with E-state index in [9.17, 15) is 13.2 Å². The van der Waals surface area contributed by atoms with Gasteiger partial charge in [-0.3, -0.25) is 4.79 Å². The molecule has 0 radical (unpaired) electrons. The third-order valence-electron chi connectivity index (χ3n) is 3.92. The van der Waals surface area contributed by atoms with E-state index in [0.717, 1.165) is 19.1 Å². The Morgan fingerprint density at radius 3 is 2.83 bits per heavy atom. The molecule has 0 spiro atoms. The second-order valence-electron chi connectivity index (χ2n) is 5.52. The van der Waals surface area contributed by atoms with E-state index >= 15 is 0 Å². The lowest BCUT2D eigenvalue weighted by atomic mass is 10.0. The number of rotatable bonds is 5. The highest BCUT2D eigenvalue weighted by molar-refractivity contribution is 7.88. The topological polar surface area (TPSA) is 75.7 Å². The second-order valence-corrected chi connectivity index (χ2v) is 7.87. The van der Waals surface area contributed by atoms with Crippen molar-refractivity contribution in [2.45, 2.75) is 31.8 Å². The number of halogens is 1. The fraction of sp³-hybridized carbons (Fsp3) is 0.533. The molecule has 6 nitrogen and oxygen atoms in total. The number of hydrogen-bond acceptors (Lipinski definition) is 4. The molecule has 1 atom stereocenters. The first-order chi connectivity index (χ1) is 10.8. The molecule has 1 N–H and O–H groups in total. The average Bonchev–Trinajstić information content (AvgIpc) is 2.52. The molecule has 1 fully saturated rings. The number of carbonyl (C=O) groups is 1. The number of nitrogens with zero attached hydrogens (tertiary/aromatic N) is 1. The first-order valence-corrected chi connectivity index (χ1v) is 9.63. The van der Waals surface area contributed by atoms with Gasteiger partial charge in [0.1, 0.15) is 11.8 Å². The van der Waals surface area contributed by atoms with Crippen LogP contribution in [0.3, 0.4) is 0 Å². The molecule has 1 saturated heterocycles. The van der Waals surface area contributed by atoms with E-state index in [1.165, 1.54) is 11.4 Å². The van der Waals surface area contributed by atoms with Gasteiger partial charge < -0.3 is 10.1 Å². The fourth-order valence-corrected chi connectivity index (χ4v) is 4.12. The van der Waals surface area contributed by atoms with Crippen molar-refractivity contribution in [2.24, 2.45) is 0 Å². The highest BCUT2D eigenvalue weighted by atomic mass is 35.5. The largest absolute Gasteiger partial charge is 0.496 e. The lowest BCUT2D eigenvalue weighted by molar-refractivity contribution is -0.125. The van der Waals surface area contributed by atoms with Crippen molar-refractivity contribution in [3.63, 3.8) is 0 Å². The number of piperidine rings is 1. The maximum absolute atomic E-state index is 12.4. The van der Waals surface area contributed by atoms with Gasteiger partial charge >= 0.3 is 0 Å². The quantitative estimate of drug-likeness (QED) is 0.868. The van der Waals surface area contributed by atoms with Gasteiger partial charge in [-0.1, -0.05) is 24.1 Å². The van der Waals surface area contributed by atoms with Crippen LogP contribution in [0.1, 0.15) is 24.8 Å². The zero-order chi connectivity index (χ0) is 17.0. The molecule has 128 valence electrons. The Morgan fingerprint density at radius 2 is 2.17 bits per heavy atom. The summed E-state index contributed by atoms with van der Waals surface area (Å²) in [6, 6.07) is 4.58. The van der Waals surface area contributed by atoms with Gasteiger partial charge in [0.2, 0.25) is 15.9 Å². The lowest BCUT2D eigenvalue weighted by Gasteiger charge is -2.32. The van der Waals surface area contributed by atoms with Crippen molar-refractivity contribution in [2.75, 3.05) is 19.9 Å². The van der Waals surface area contributed by atoms with Crippen molar-refractivity contribution in [3.05, 3.63) is 28.8 Å². The van der Waals surface area contributed by atoms with E-state index in [1.54, 1.807) is 18.2 Å². The van der Waals surface area contributed by atoms with Crippen molar-refractivity contribution >= 4 is 27.5 Å². The second kappa shape index (κ2) is 7.51. The molecule has 0 bridgehead atoms. The normalized spacial score (nSPS) is 19.3. The lowest BCUT2D eigenvalue weighted by Crippen LogP contribution is -2.51. The van der Waals surface area contributed by atoms with Crippen LogP contribution in [0.5, 0.6) is 5.75 Å². The van der Waals surface area contributed by atoms with Gasteiger partial charge in [-0.05, 0) is 25.0 Å². The molecule has 1 aromatic carbocycles. The molecule has 0 aliphatic carbocycles. The molecule has 0 aromatic heterocycles. The minimum atomic E-state index is -3.40. The molecule has 1 aliphatic heterocycles. The number of sulfonamides is 1. The van der Waals surface area contributed by atoms with Gasteiger partial charge in [0, 0.05) is 23.7 Å². The Kier molecular flexibility index (Phi) is 5.89. The minimum Gasteiger partial charge on any atom is -0.496 e. The zero-order valence-electron chi connectivity index (χ0n) is 13.2. The molecule has 1 amide bonds. The molecule has 1 aliphatic rings. The molecular formula is C15H21ClN2O4S. The first-order valence-electron chi connectivity index (χ1n) is 7.40. The van der Waals surface area contributed by atoms with E-state index < -0.39 is 16.1 Å². The van der Waals surface area contributed by atoms with Gasteiger partial charge in [0.15, 0.2) is 0 Å². The predicted molar refractivity (Wildman–Crippen MR) is 89.0 cm³/mol. The van der Waals surface area contributed by atoms with Crippen LogP contribution >= 0.6 is 11.6 Å². The van der Waals surface area contributed by atoms with Crippen LogP contribution in [-0.2, 0) is 21.4 Å². The third-order valence-corrected chi connectivity index (χ3v) is 5.56. The van der Waals surface area contributed by atoms with E-state index in [-0.39, 0.29) is 12.5 Å². The van der Waals surface area contributed by atoms with Crippen molar-refractivity contribution in [1.82, 2.24) is 9.62 Å². The number of carbonyl (C=O) groups excluding carboxylic acids is 1. The standard InChI is InChI=1S/C15H21ClN2O4S/c1-22-14-8-5-6-12(16)11(14)10-17-15(19)13-7-3-4-9-18(13)23(2,20)21/h5-6,8,13H,3-4,7,9-10H2,1-2H3,(H,17,19)/t13-/m1/s1. The van der Waals surface area contributed by atoms with Crippen LogP contribution in [0.25, 0.3) is 0 Å². The molecule has 0 unspecified atom stereocenters. The summed E-state index contributed by atoms with van der Waals surface area (Å²) in [5.41, 5.74) is 0.673. The van der Waals surface area contributed by atoms with Crippen molar-refractivity contribution in [1.29, 1.82) is 0 Å². The van der Waals surface area contributed by atoms with Gasteiger partial charge in [-0.2, -0.15) is 4.31 Å². The van der Waals surface area contributed by atoms with Crippen LogP contribution < -0.4 is 10.1 Å². The van der Waals surface area contributed by atoms with Crippen molar-refractivity contribution in [3.8, 4) is 5.75 Å². The summed E-state index contributed by atoms with van der Waals surface area (Å²) < 4.78 is 30.2. The first kappa shape index (κ1) is 18.0. The minimum absolute atomic E-state index is 0.190. The Hall–Kier alpha value is -1.31. The monoisotopic (exact) mass is 360 g/mol. The Morgan fingerprint density at radius 1 is 1.43 bits per heavy atom. The number of hydrogen-bond donors (Lipinski definition) is 1. The molecule has 1 heterocycles. The van der Waals surface area contributed by atoms with E-state index in [2.05, 4.69) is 5.32 Å². The summed E-state index contributed by atoms with van der Waals surface area (Å²) >= 11 is 6.14. The van der Waals surface area contributed by atoms with Gasteiger partial charge in [0.25, 0.3) is 0 Å². The van der Waals surface area contributed by atoms with Gasteiger partial charge in [0.05, 0.1) is 13.4 Å². The number of nitrogens with one attached hydrogen (secondary N) is 1. The van der Waals surface area contributed by atoms with Gasteiger partial charge in [-0.15, -0.1) is 0 Å². The SMILES string of the molecule is COc1cccc(Cl)c1CNC(=O)[C@H]1CCCCN1S(C)(=O)=O. The number of amides is 1. The Balaban J connectivity index is 2.10. The fourth-order valence-electron chi connectivity index (χ4n) is 2.76. The molecule has 0 saturated carbocycles. The van der Waals surface area contributed by atoms with E-state index in [1.807, 2.05) is 0 Å². The molecule has 1 aromatic rings. The smallest absolute Gasteiger partial charge is 0.238 e. The zero-order valence-corrected chi connectivity index (χ0v) is 14.8. The summed E-state index contributed by atoms with van der Waals surface area (Å²) in [6.07, 6.45) is 3.27. The van der Waals surface area contributed by atoms with Crippen LogP contribution in [0.4, 0.5) is 0 Å². The van der Waals surface area contributed by atoms with Crippen LogP contribution in [0, 0.1) is 0 Å². The van der Waals surface area contributed by atoms with E-state index in [0.29, 0.717) is 29.3 Å². The molecule has 23 heavy (non-hydrogen) atoms. The number of ether oxygens (including phenoxy) is 1. The van der Waals surface area contributed by atoms with Crippen LogP contribution in [-0.4, -0.2) is 44.6 Å². The van der Waals surface area contributed by atoms with Crippen LogP contribution in [0.2, 0.25) is 5.02 Å². The Labute approximate surface area is 141 Å². The molecular weight excluding hydrogens is 340 g/mol. The Bertz CT molecular complexity index is 678. The summed E-state index contributed by atoms with van der Waals surface area (Å²) in [6.45, 7) is 0.572. The molecule has 8 heteroatoms. The maximum Gasteiger partial charge on any atom is 0.238 e. The number of benzene rings is 1. The van der Waals surface area contributed by atoms with Crippen molar-refractivity contribution < 1.29 is 17.9 Å². The maximum atomic E-state index is 12.4. The van der Waals surface area contributed by atoms with E-state index in [4.69, 9.17) is 16.3 Å². The highest BCUT2D eigenvalue weighted by Crippen LogP contribution is 2.26. The highest BCUT2D eigenvalue weighted by Gasteiger charge is 2.34. The number of methoxy groups -OCH3 is 1. The molecule has 2 rings (SSSR count). The average molecular weight is 361 g/mol. The third kappa shape index (κ3) is 4.37. The van der Waals surface area contributed by atoms with Crippen LogP contribution in [0.15, 0.2) is 18.2 Å². The summed E-state index contributed by atoms with van der Waals surface area (Å²) in [7, 11) is -1.87. The summed E-state index contributed by atoms with van der Waals surface area (Å²) in [5.74, 6) is 0.276. The summed E-state index contributed by atoms with van der Waals surface area (Å²) in [4.78, 5) is 12.4. The van der Waals surface area contributed by atoms with Gasteiger partial charge in [-0.25, -0.2) is 8.42 Å².